The Hall–Kier alpha value is -1.94. The van der Waals surface area contributed by atoms with E-state index in [1.54, 1.807) is 36.5 Å². The zero-order valence-electron chi connectivity index (χ0n) is 8.21. The highest BCUT2D eigenvalue weighted by molar-refractivity contribution is 7.16. The molecule has 3 rings (SSSR count). The van der Waals surface area contributed by atoms with Crippen LogP contribution in [0.5, 0.6) is 0 Å². The van der Waals surface area contributed by atoms with Gasteiger partial charge in [0.2, 0.25) is 0 Å². The average Bonchev–Trinajstić information content (AvgIpc) is 2.74. The third kappa shape index (κ3) is 1.20. The third-order valence-corrected chi connectivity index (χ3v) is 3.47. The predicted molar refractivity (Wildman–Crippen MR) is 65.3 cm³/mol. The van der Waals surface area contributed by atoms with Gasteiger partial charge in [-0.3, -0.25) is 14.0 Å². The lowest BCUT2D eigenvalue weighted by atomic mass is 10.3. The van der Waals surface area contributed by atoms with Gasteiger partial charge in [-0.15, -0.1) is 0 Å². The molecule has 0 aliphatic rings. The number of hydrogen-bond donors (Lipinski definition) is 0. The van der Waals surface area contributed by atoms with Crippen LogP contribution in [-0.4, -0.2) is 4.40 Å². The monoisotopic (exact) mass is 229 g/mol. The quantitative estimate of drug-likeness (QED) is 0.590. The van der Waals surface area contributed by atoms with E-state index in [2.05, 4.69) is 0 Å². The minimum atomic E-state index is -0.144. The van der Waals surface area contributed by atoms with E-state index in [4.69, 9.17) is 0 Å². The lowest BCUT2D eigenvalue weighted by molar-refractivity contribution is 1.15. The number of aromatic nitrogens is 1. The zero-order valence-corrected chi connectivity index (χ0v) is 9.03. The molecule has 1 aromatic carbocycles. The largest absolute Gasteiger partial charge is 0.279 e. The van der Waals surface area contributed by atoms with E-state index in [1.807, 2.05) is 6.07 Å². The summed E-state index contributed by atoms with van der Waals surface area (Å²) in [5, 5.41) is 0.579. The van der Waals surface area contributed by atoms with Crippen LogP contribution in [0.15, 0.2) is 52.2 Å². The molecule has 3 nitrogen and oxygen atoms in total. The molecule has 78 valence electrons. The van der Waals surface area contributed by atoms with Crippen molar-refractivity contribution in [3.05, 3.63) is 62.5 Å². The molecule has 2 heterocycles. The Bertz CT molecular complexity index is 801. The zero-order chi connectivity index (χ0) is 11.1. The molecule has 0 N–H and O–H groups in total. The molecule has 0 saturated carbocycles. The standard InChI is InChI=1S/C12H7NO2S/c14-11-8-4-1-2-6-10(8)16-12(15)9-5-3-7-13(9)11/h1-7H. The topological polar surface area (TPSA) is 38.5 Å². The first kappa shape index (κ1) is 9.30. The summed E-state index contributed by atoms with van der Waals surface area (Å²) in [5.74, 6) is 0. The molecule has 0 bridgehead atoms. The van der Waals surface area contributed by atoms with Crippen LogP contribution < -0.4 is 10.3 Å². The van der Waals surface area contributed by atoms with Crippen LogP contribution in [0, 0.1) is 0 Å². The highest BCUT2D eigenvalue weighted by Gasteiger charge is 2.04. The summed E-state index contributed by atoms with van der Waals surface area (Å²) in [5.41, 5.74) is 0.292. The summed E-state index contributed by atoms with van der Waals surface area (Å²) in [6, 6.07) is 10.5. The van der Waals surface area contributed by atoms with E-state index in [9.17, 15) is 9.59 Å². The van der Waals surface area contributed by atoms with Crippen LogP contribution >= 0.6 is 11.3 Å². The molecule has 0 unspecified atom stereocenters. The summed E-state index contributed by atoms with van der Waals surface area (Å²) >= 11 is 1.10. The summed E-state index contributed by atoms with van der Waals surface area (Å²) in [6.45, 7) is 0. The Morgan fingerprint density at radius 1 is 1.00 bits per heavy atom. The number of nitrogens with zero attached hydrogens (tertiary/aromatic N) is 1. The molecule has 0 aliphatic carbocycles. The van der Waals surface area contributed by atoms with Crippen molar-refractivity contribution in [3.63, 3.8) is 0 Å². The van der Waals surface area contributed by atoms with Gasteiger partial charge in [-0.1, -0.05) is 23.5 Å². The van der Waals surface area contributed by atoms with E-state index in [0.29, 0.717) is 10.9 Å². The molecule has 0 aliphatic heterocycles. The van der Waals surface area contributed by atoms with Crippen LogP contribution in [0.25, 0.3) is 15.6 Å². The van der Waals surface area contributed by atoms with Crippen molar-refractivity contribution < 1.29 is 0 Å². The smallest absolute Gasteiger partial charge is 0.263 e. The predicted octanol–water partition coefficient (Wildman–Crippen LogP) is 1.87. The van der Waals surface area contributed by atoms with E-state index in [0.717, 1.165) is 16.0 Å². The normalized spacial score (nSPS) is 11.0. The Morgan fingerprint density at radius 2 is 1.81 bits per heavy atom. The average molecular weight is 229 g/mol. The van der Waals surface area contributed by atoms with Gasteiger partial charge in [-0.2, -0.15) is 0 Å². The molecular weight excluding hydrogens is 222 g/mol. The molecule has 0 spiro atoms. The first-order valence-corrected chi connectivity index (χ1v) is 5.62. The highest BCUT2D eigenvalue weighted by Crippen LogP contribution is 2.11. The number of fused-ring (bicyclic) bond motifs is 2. The minimum absolute atomic E-state index is 0.0942. The number of hydrogen-bond acceptors (Lipinski definition) is 3. The molecular formula is C12H7NO2S. The number of rotatable bonds is 0. The van der Waals surface area contributed by atoms with Crippen molar-refractivity contribution in [2.24, 2.45) is 0 Å². The van der Waals surface area contributed by atoms with Gasteiger partial charge in [0.15, 0.2) is 0 Å². The first-order chi connectivity index (χ1) is 7.77. The summed E-state index contributed by atoms with van der Waals surface area (Å²) in [7, 11) is 0. The molecule has 0 saturated heterocycles. The van der Waals surface area contributed by atoms with E-state index < -0.39 is 0 Å². The van der Waals surface area contributed by atoms with Gasteiger partial charge in [-0.05, 0) is 24.3 Å². The summed E-state index contributed by atoms with van der Waals surface area (Å²) in [4.78, 5) is 24.0. The van der Waals surface area contributed by atoms with E-state index >= 15 is 0 Å². The second-order valence-corrected chi connectivity index (χ2v) is 4.47. The molecule has 16 heavy (non-hydrogen) atoms. The Kier molecular flexibility index (Phi) is 1.91. The lowest BCUT2D eigenvalue weighted by Crippen LogP contribution is -2.10. The van der Waals surface area contributed by atoms with Crippen molar-refractivity contribution in [2.75, 3.05) is 0 Å². The SMILES string of the molecule is O=c1sc2ccccc2c(=O)n2cccc12. The van der Waals surface area contributed by atoms with Gasteiger partial charge >= 0.3 is 0 Å². The van der Waals surface area contributed by atoms with Gasteiger partial charge in [0.25, 0.3) is 10.3 Å². The molecule has 3 aromatic rings. The first-order valence-electron chi connectivity index (χ1n) is 4.80. The van der Waals surface area contributed by atoms with Gasteiger partial charge in [0.05, 0.1) is 5.39 Å². The van der Waals surface area contributed by atoms with Crippen LogP contribution in [-0.2, 0) is 0 Å². The molecule has 4 heteroatoms. The Balaban J connectivity index is 2.80. The van der Waals surface area contributed by atoms with Crippen molar-refractivity contribution in [1.29, 1.82) is 0 Å². The van der Waals surface area contributed by atoms with Gasteiger partial charge in [0.1, 0.15) is 5.52 Å². The molecule has 0 radical (unpaired) electrons. The molecule has 0 fully saturated rings. The molecule has 0 atom stereocenters. The third-order valence-electron chi connectivity index (χ3n) is 2.50. The van der Waals surface area contributed by atoms with E-state index in [-0.39, 0.29) is 10.3 Å². The lowest BCUT2D eigenvalue weighted by Gasteiger charge is -1.87. The van der Waals surface area contributed by atoms with Crippen LogP contribution in [0.1, 0.15) is 0 Å². The fraction of sp³-hybridized carbons (Fsp3) is 0. The fourth-order valence-corrected chi connectivity index (χ4v) is 2.62. The maximum Gasteiger partial charge on any atom is 0.263 e. The maximum absolute atomic E-state index is 12.1. The number of benzene rings is 1. The van der Waals surface area contributed by atoms with Crippen LogP contribution in [0.3, 0.4) is 0 Å². The van der Waals surface area contributed by atoms with Crippen molar-refractivity contribution in [1.82, 2.24) is 4.40 Å². The summed E-state index contributed by atoms with van der Waals surface area (Å²) in [6.07, 6.45) is 1.62. The molecule has 0 amide bonds. The minimum Gasteiger partial charge on any atom is -0.279 e. The molecule has 2 aromatic heterocycles. The van der Waals surface area contributed by atoms with Crippen LogP contribution in [0.2, 0.25) is 0 Å². The summed E-state index contributed by atoms with van der Waals surface area (Å²) < 4.78 is 2.03. The second kappa shape index (κ2) is 3.28. The van der Waals surface area contributed by atoms with Gasteiger partial charge in [0, 0.05) is 10.9 Å². The van der Waals surface area contributed by atoms with Crippen molar-refractivity contribution in [3.8, 4) is 0 Å². The maximum atomic E-state index is 12.1. The van der Waals surface area contributed by atoms with Crippen molar-refractivity contribution in [2.45, 2.75) is 0 Å². The van der Waals surface area contributed by atoms with Crippen molar-refractivity contribution >= 4 is 26.9 Å². The fourth-order valence-electron chi connectivity index (χ4n) is 1.74. The highest BCUT2D eigenvalue weighted by atomic mass is 32.1. The second-order valence-electron chi connectivity index (χ2n) is 3.45. The van der Waals surface area contributed by atoms with Gasteiger partial charge in [-0.25, -0.2) is 0 Å². The van der Waals surface area contributed by atoms with E-state index in [1.165, 1.54) is 4.40 Å². The van der Waals surface area contributed by atoms with Crippen LogP contribution in [0.4, 0.5) is 0 Å². The Labute approximate surface area is 94.2 Å². The van der Waals surface area contributed by atoms with Gasteiger partial charge < -0.3 is 0 Å². The Morgan fingerprint density at radius 3 is 2.69 bits per heavy atom.